The van der Waals surface area contributed by atoms with Crippen LogP contribution in [0.5, 0.6) is 0 Å². The van der Waals surface area contributed by atoms with Crippen molar-refractivity contribution in [3.05, 3.63) is 57.6 Å². The van der Waals surface area contributed by atoms with Crippen LogP contribution in [-0.2, 0) is 0 Å². The van der Waals surface area contributed by atoms with Crippen LogP contribution in [0.3, 0.4) is 0 Å². The fraction of sp³-hybridized carbons (Fsp3) is 0.200. The summed E-state index contributed by atoms with van der Waals surface area (Å²) < 4.78 is 4.14. The second-order valence-electron chi connectivity index (χ2n) is 4.26. The van der Waals surface area contributed by atoms with Crippen LogP contribution in [0.4, 0.5) is 0 Å². The molecule has 88 valence electrons. The average molecular weight is 354 g/mol. The Bertz CT molecular complexity index is 523. The predicted molar refractivity (Wildman–Crippen MR) is 79.8 cm³/mol. The number of aryl methyl sites for hydroxylation is 3. The van der Waals surface area contributed by atoms with Gasteiger partial charge in [-0.3, -0.25) is 0 Å². The predicted octanol–water partition coefficient (Wildman–Crippen LogP) is 3.03. The Hall–Kier alpha value is -0.561. The minimum absolute atomic E-state index is 0.377. The molecular formula is C15H15BrSe. The van der Waals surface area contributed by atoms with E-state index in [-0.39, 0.29) is 0 Å². The standard InChI is InChI=1S/C15H15BrSe/c1-10-8-11(2)15(12(3)9-10)17-14-7-5-4-6-13(14)16/h4-9H,1-3H3. The molecule has 0 saturated carbocycles. The fourth-order valence-electron chi connectivity index (χ4n) is 1.97. The number of halogens is 1. The van der Waals surface area contributed by atoms with Gasteiger partial charge in [-0.1, -0.05) is 0 Å². The summed E-state index contributed by atoms with van der Waals surface area (Å²) >= 11 is 4.01. The summed E-state index contributed by atoms with van der Waals surface area (Å²) in [6.45, 7) is 6.59. The van der Waals surface area contributed by atoms with Crippen LogP contribution in [0.15, 0.2) is 40.9 Å². The number of benzene rings is 2. The monoisotopic (exact) mass is 354 g/mol. The molecule has 0 fully saturated rings. The van der Waals surface area contributed by atoms with Crippen molar-refractivity contribution in [3.63, 3.8) is 0 Å². The van der Waals surface area contributed by atoms with Crippen LogP contribution in [0, 0.1) is 20.8 Å². The molecule has 0 nitrogen and oxygen atoms in total. The Kier molecular flexibility index (Phi) is 4.08. The van der Waals surface area contributed by atoms with E-state index < -0.39 is 0 Å². The van der Waals surface area contributed by atoms with Gasteiger partial charge >= 0.3 is 118 Å². The summed E-state index contributed by atoms with van der Waals surface area (Å²) in [6, 6.07) is 13.1. The molecule has 0 heterocycles. The summed E-state index contributed by atoms with van der Waals surface area (Å²) in [4.78, 5) is 0. The first-order chi connectivity index (χ1) is 8.08. The Labute approximate surface area is 118 Å². The zero-order valence-corrected chi connectivity index (χ0v) is 13.5. The van der Waals surface area contributed by atoms with E-state index in [2.05, 4.69) is 73.1 Å². The summed E-state index contributed by atoms with van der Waals surface area (Å²) in [5, 5.41) is 0. The Morgan fingerprint density at radius 1 is 0.941 bits per heavy atom. The van der Waals surface area contributed by atoms with E-state index in [1.54, 1.807) is 0 Å². The van der Waals surface area contributed by atoms with Crippen molar-refractivity contribution in [2.45, 2.75) is 20.8 Å². The third-order valence-electron chi connectivity index (χ3n) is 2.65. The summed E-state index contributed by atoms with van der Waals surface area (Å²) in [5.74, 6) is 0. The molecule has 0 bridgehead atoms. The molecule has 0 N–H and O–H groups in total. The van der Waals surface area contributed by atoms with Crippen LogP contribution in [0.25, 0.3) is 0 Å². The molecular weight excluding hydrogens is 339 g/mol. The van der Waals surface area contributed by atoms with E-state index in [0.717, 1.165) is 0 Å². The number of hydrogen-bond acceptors (Lipinski definition) is 0. The maximum absolute atomic E-state index is 3.63. The molecule has 0 atom stereocenters. The Morgan fingerprint density at radius 2 is 1.53 bits per heavy atom. The first-order valence-corrected chi connectivity index (χ1v) is 8.09. The van der Waals surface area contributed by atoms with Crippen molar-refractivity contribution in [2.75, 3.05) is 0 Å². The molecule has 0 aromatic heterocycles. The van der Waals surface area contributed by atoms with E-state index in [0.29, 0.717) is 15.0 Å². The SMILES string of the molecule is Cc1cc(C)c([Se]c2ccccc2Br)c(C)c1. The van der Waals surface area contributed by atoms with Gasteiger partial charge in [0.05, 0.1) is 0 Å². The van der Waals surface area contributed by atoms with Gasteiger partial charge in [-0.2, -0.15) is 0 Å². The van der Waals surface area contributed by atoms with Gasteiger partial charge in [-0.15, -0.1) is 0 Å². The third kappa shape index (κ3) is 3.01. The van der Waals surface area contributed by atoms with Crippen LogP contribution in [0.1, 0.15) is 16.7 Å². The van der Waals surface area contributed by atoms with Crippen molar-refractivity contribution in [1.29, 1.82) is 0 Å². The van der Waals surface area contributed by atoms with Crippen molar-refractivity contribution >= 4 is 39.8 Å². The maximum atomic E-state index is 3.63. The second-order valence-corrected chi connectivity index (χ2v) is 7.32. The quantitative estimate of drug-likeness (QED) is 0.728. The van der Waals surface area contributed by atoms with Crippen molar-refractivity contribution in [3.8, 4) is 0 Å². The zero-order chi connectivity index (χ0) is 12.4. The summed E-state index contributed by atoms with van der Waals surface area (Å²) in [6.07, 6.45) is 0. The third-order valence-corrected chi connectivity index (χ3v) is 6.92. The van der Waals surface area contributed by atoms with Crippen molar-refractivity contribution < 1.29 is 0 Å². The molecule has 0 aliphatic heterocycles. The fourth-order valence-corrected chi connectivity index (χ4v) is 4.71. The van der Waals surface area contributed by atoms with Crippen LogP contribution in [-0.4, -0.2) is 15.0 Å². The van der Waals surface area contributed by atoms with Crippen LogP contribution < -0.4 is 8.92 Å². The van der Waals surface area contributed by atoms with Crippen LogP contribution in [0.2, 0.25) is 0 Å². The van der Waals surface area contributed by atoms with E-state index in [1.165, 1.54) is 30.1 Å². The average Bonchev–Trinajstić information content (AvgIpc) is 2.25. The topological polar surface area (TPSA) is 0 Å². The molecule has 2 rings (SSSR count). The van der Waals surface area contributed by atoms with E-state index in [4.69, 9.17) is 0 Å². The molecule has 0 amide bonds. The molecule has 17 heavy (non-hydrogen) atoms. The molecule has 0 radical (unpaired) electrons. The van der Waals surface area contributed by atoms with Gasteiger partial charge in [0.1, 0.15) is 0 Å². The molecule has 2 heteroatoms. The molecule has 0 aliphatic rings. The van der Waals surface area contributed by atoms with Crippen molar-refractivity contribution in [1.82, 2.24) is 0 Å². The summed E-state index contributed by atoms with van der Waals surface area (Å²) in [5.41, 5.74) is 4.18. The van der Waals surface area contributed by atoms with Gasteiger partial charge in [-0.25, -0.2) is 0 Å². The van der Waals surface area contributed by atoms with Gasteiger partial charge in [-0.05, 0) is 0 Å². The molecule has 0 unspecified atom stereocenters. The van der Waals surface area contributed by atoms with Crippen molar-refractivity contribution in [2.24, 2.45) is 0 Å². The Balaban J connectivity index is 2.40. The zero-order valence-electron chi connectivity index (χ0n) is 10.3. The molecule has 0 saturated heterocycles. The van der Waals surface area contributed by atoms with Gasteiger partial charge in [0.2, 0.25) is 0 Å². The first kappa shape index (κ1) is 12.9. The van der Waals surface area contributed by atoms with Gasteiger partial charge in [0.15, 0.2) is 0 Å². The van der Waals surface area contributed by atoms with E-state index >= 15 is 0 Å². The summed E-state index contributed by atoms with van der Waals surface area (Å²) in [7, 11) is 0. The second kappa shape index (κ2) is 5.39. The van der Waals surface area contributed by atoms with Gasteiger partial charge in [0.25, 0.3) is 0 Å². The molecule has 2 aromatic rings. The molecule has 0 spiro atoms. The van der Waals surface area contributed by atoms with Gasteiger partial charge < -0.3 is 0 Å². The van der Waals surface area contributed by atoms with E-state index in [9.17, 15) is 0 Å². The van der Waals surface area contributed by atoms with Gasteiger partial charge in [0, 0.05) is 0 Å². The van der Waals surface area contributed by atoms with Crippen LogP contribution >= 0.6 is 15.9 Å². The number of hydrogen-bond donors (Lipinski definition) is 0. The first-order valence-electron chi connectivity index (χ1n) is 5.58. The normalized spacial score (nSPS) is 10.6. The van der Waals surface area contributed by atoms with E-state index in [1.807, 2.05) is 0 Å². The molecule has 2 aromatic carbocycles. The molecule has 0 aliphatic carbocycles. The minimum atomic E-state index is 0.377. The Morgan fingerprint density at radius 3 is 2.12 bits per heavy atom. The number of rotatable bonds is 2.